The van der Waals surface area contributed by atoms with Gasteiger partial charge in [-0.05, 0) is 48.0 Å². The number of nitrogens with zero attached hydrogens (tertiary/aromatic N) is 1. The van der Waals surface area contributed by atoms with Gasteiger partial charge in [0.05, 0.1) is 0 Å². The number of hydrogen-bond donors (Lipinski definition) is 1. The number of amides is 1. The van der Waals surface area contributed by atoms with Crippen LogP contribution in [0.15, 0.2) is 18.3 Å². The highest BCUT2D eigenvalue weighted by Gasteiger charge is 2.42. The van der Waals surface area contributed by atoms with Crippen LogP contribution in [0.2, 0.25) is 16.6 Å². The Kier molecular flexibility index (Phi) is 7.89. The van der Waals surface area contributed by atoms with Crippen molar-refractivity contribution in [2.75, 3.05) is 0 Å². The van der Waals surface area contributed by atoms with Crippen LogP contribution in [0.3, 0.4) is 0 Å². The van der Waals surface area contributed by atoms with Gasteiger partial charge in [0.2, 0.25) is 0 Å². The second-order valence-electron chi connectivity index (χ2n) is 9.31. The lowest BCUT2D eigenvalue weighted by molar-refractivity contribution is 0.0912. The van der Waals surface area contributed by atoms with E-state index in [9.17, 15) is 4.79 Å². The quantitative estimate of drug-likeness (QED) is 0.495. The van der Waals surface area contributed by atoms with Gasteiger partial charge in [0.1, 0.15) is 13.8 Å². The molecule has 1 aliphatic carbocycles. The largest absolute Gasteiger partial charge is 0.347 e. The van der Waals surface area contributed by atoms with Crippen LogP contribution < -0.4 is 5.32 Å². The van der Waals surface area contributed by atoms with Crippen molar-refractivity contribution in [3.63, 3.8) is 0 Å². The average Bonchev–Trinajstić information content (AvgIpc) is 2.62. The second-order valence-corrected chi connectivity index (χ2v) is 14.9. The van der Waals surface area contributed by atoms with E-state index in [0.717, 1.165) is 24.8 Å². The standard InChI is InChI=1S/C24H38N2OSi/c1-17(2)28(18(3)4,19(5)6)16-14-21-12-8-9-13-22(21)26-24(27)23-20(7)11-10-15-25-23/h10-11,15,17-19,21-22H,8-9,12-13H2,1-7H3,(H,26,27). The zero-order valence-corrected chi connectivity index (χ0v) is 19.8. The highest BCUT2D eigenvalue weighted by atomic mass is 28.3. The topological polar surface area (TPSA) is 42.0 Å². The van der Waals surface area contributed by atoms with Crippen molar-refractivity contribution in [3.8, 4) is 11.5 Å². The molecular formula is C24H38N2OSi. The van der Waals surface area contributed by atoms with Gasteiger partial charge in [0, 0.05) is 18.2 Å². The number of nitrogens with one attached hydrogen (secondary N) is 1. The van der Waals surface area contributed by atoms with Crippen molar-refractivity contribution in [3.05, 3.63) is 29.6 Å². The lowest BCUT2D eigenvalue weighted by atomic mass is 9.85. The zero-order chi connectivity index (χ0) is 20.9. The SMILES string of the molecule is Cc1cccnc1C(=O)NC1CCCCC1C#C[Si](C(C)C)(C(C)C)C(C)C. The second kappa shape index (κ2) is 9.74. The van der Waals surface area contributed by atoms with Gasteiger partial charge in [-0.3, -0.25) is 9.78 Å². The van der Waals surface area contributed by atoms with E-state index in [4.69, 9.17) is 0 Å². The summed E-state index contributed by atoms with van der Waals surface area (Å²) in [6, 6.07) is 3.94. The molecule has 1 fully saturated rings. The number of pyridine rings is 1. The van der Waals surface area contributed by atoms with Crippen LogP contribution in [-0.2, 0) is 0 Å². The van der Waals surface area contributed by atoms with E-state index in [-0.39, 0.29) is 17.9 Å². The Morgan fingerprint density at radius 2 is 1.71 bits per heavy atom. The fourth-order valence-electron chi connectivity index (χ4n) is 5.09. The van der Waals surface area contributed by atoms with Crippen LogP contribution in [-0.4, -0.2) is 25.0 Å². The fraction of sp³-hybridized carbons (Fsp3) is 0.667. The minimum atomic E-state index is -1.74. The van der Waals surface area contributed by atoms with Gasteiger partial charge < -0.3 is 5.32 Å². The van der Waals surface area contributed by atoms with Gasteiger partial charge in [-0.25, -0.2) is 0 Å². The van der Waals surface area contributed by atoms with Gasteiger partial charge in [-0.2, -0.15) is 0 Å². The van der Waals surface area contributed by atoms with Crippen molar-refractivity contribution in [1.82, 2.24) is 10.3 Å². The third-order valence-corrected chi connectivity index (χ3v) is 13.0. The molecule has 1 saturated carbocycles. The molecular weight excluding hydrogens is 360 g/mol. The van der Waals surface area contributed by atoms with Crippen molar-refractivity contribution in [2.24, 2.45) is 5.92 Å². The fourth-order valence-corrected chi connectivity index (χ4v) is 10.4. The molecule has 0 aromatic carbocycles. The molecule has 1 aromatic heterocycles. The first kappa shape index (κ1) is 22.7. The molecule has 1 N–H and O–H groups in total. The highest BCUT2D eigenvalue weighted by molar-refractivity contribution is 6.90. The lowest BCUT2D eigenvalue weighted by Crippen LogP contribution is -2.45. The molecule has 4 heteroatoms. The zero-order valence-electron chi connectivity index (χ0n) is 18.8. The molecule has 0 radical (unpaired) electrons. The first-order chi connectivity index (χ1) is 13.2. The number of aromatic nitrogens is 1. The Bertz CT molecular complexity index is 708. The van der Waals surface area contributed by atoms with Crippen LogP contribution in [0.4, 0.5) is 0 Å². The molecule has 2 atom stereocenters. The summed E-state index contributed by atoms with van der Waals surface area (Å²) in [5.74, 6) is 3.90. The number of carbonyl (C=O) groups excluding carboxylic acids is 1. The molecule has 0 saturated heterocycles. The van der Waals surface area contributed by atoms with Gasteiger partial charge in [0.15, 0.2) is 0 Å². The summed E-state index contributed by atoms with van der Waals surface area (Å²) in [4.78, 5) is 17.1. The summed E-state index contributed by atoms with van der Waals surface area (Å²) in [7, 11) is -1.74. The molecule has 1 aliphatic rings. The molecule has 1 heterocycles. The first-order valence-electron chi connectivity index (χ1n) is 10.9. The van der Waals surface area contributed by atoms with Crippen molar-refractivity contribution in [2.45, 2.75) is 96.8 Å². The average molecular weight is 399 g/mol. The molecule has 3 nitrogen and oxygen atoms in total. The third kappa shape index (κ3) is 4.86. The van der Waals surface area contributed by atoms with Crippen molar-refractivity contribution < 1.29 is 4.79 Å². The Hall–Kier alpha value is -1.60. The maximum atomic E-state index is 12.8. The Balaban J connectivity index is 2.25. The van der Waals surface area contributed by atoms with E-state index < -0.39 is 8.07 Å². The monoisotopic (exact) mass is 398 g/mol. The molecule has 2 unspecified atom stereocenters. The maximum Gasteiger partial charge on any atom is 0.270 e. The minimum Gasteiger partial charge on any atom is -0.347 e. The van der Waals surface area contributed by atoms with Crippen LogP contribution in [0.1, 0.15) is 83.3 Å². The highest BCUT2D eigenvalue weighted by Crippen LogP contribution is 2.41. The van der Waals surface area contributed by atoms with Gasteiger partial charge >= 0.3 is 0 Å². The van der Waals surface area contributed by atoms with Gasteiger partial charge in [-0.1, -0.05) is 60.5 Å². The summed E-state index contributed by atoms with van der Waals surface area (Å²) in [5.41, 5.74) is 7.23. The summed E-state index contributed by atoms with van der Waals surface area (Å²) < 4.78 is 0. The molecule has 154 valence electrons. The van der Waals surface area contributed by atoms with E-state index in [0.29, 0.717) is 22.3 Å². The van der Waals surface area contributed by atoms with Gasteiger partial charge in [-0.15, -0.1) is 11.5 Å². The Labute approximate surface area is 173 Å². The van der Waals surface area contributed by atoms with E-state index >= 15 is 0 Å². The molecule has 1 aromatic rings. The molecule has 2 rings (SSSR count). The number of carbonyl (C=O) groups is 1. The minimum absolute atomic E-state index is 0.0584. The van der Waals surface area contributed by atoms with Crippen LogP contribution in [0, 0.1) is 24.3 Å². The molecule has 0 spiro atoms. The predicted molar refractivity (Wildman–Crippen MR) is 121 cm³/mol. The summed E-state index contributed by atoms with van der Waals surface area (Å²) in [6.45, 7) is 16.1. The summed E-state index contributed by atoms with van der Waals surface area (Å²) in [5, 5.41) is 3.26. The lowest BCUT2D eigenvalue weighted by Gasteiger charge is -2.38. The number of hydrogen-bond acceptors (Lipinski definition) is 2. The normalized spacial score (nSPS) is 20.2. The van der Waals surface area contributed by atoms with Crippen molar-refractivity contribution in [1.29, 1.82) is 0 Å². The predicted octanol–water partition coefficient (Wildman–Crippen LogP) is 5.90. The van der Waals surface area contributed by atoms with Crippen LogP contribution in [0.25, 0.3) is 0 Å². The molecule has 1 amide bonds. The number of aryl methyl sites for hydroxylation is 1. The van der Waals surface area contributed by atoms with E-state index in [1.807, 2.05) is 19.1 Å². The molecule has 0 aliphatic heterocycles. The van der Waals surface area contributed by atoms with Gasteiger partial charge in [0.25, 0.3) is 5.91 Å². The van der Waals surface area contributed by atoms with E-state index in [1.165, 1.54) is 6.42 Å². The first-order valence-corrected chi connectivity index (χ1v) is 13.2. The van der Waals surface area contributed by atoms with Crippen LogP contribution in [0.5, 0.6) is 0 Å². The van der Waals surface area contributed by atoms with Crippen LogP contribution >= 0.6 is 0 Å². The van der Waals surface area contributed by atoms with E-state index in [2.05, 4.69) is 63.3 Å². The molecule has 0 bridgehead atoms. The Morgan fingerprint density at radius 1 is 1.11 bits per heavy atom. The Morgan fingerprint density at radius 3 is 2.29 bits per heavy atom. The third-order valence-electron chi connectivity index (χ3n) is 6.65. The van der Waals surface area contributed by atoms with Crippen molar-refractivity contribution >= 4 is 14.0 Å². The summed E-state index contributed by atoms with van der Waals surface area (Å²) >= 11 is 0. The smallest absolute Gasteiger partial charge is 0.270 e. The summed E-state index contributed by atoms with van der Waals surface area (Å²) in [6.07, 6.45) is 6.14. The number of rotatable bonds is 5. The maximum absolute atomic E-state index is 12.8. The van der Waals surface area contributed by atoms with E-state index in [1.54, 1.807) is 6.20 Å². The molecule has 28 heavy (non-hydrogen) atoms.